The molecule has 1 saturated carbocycles. The largest absolute Gasteiger partial charge is 0.488 e. The lowest BCUT2D eigenvalue weighted by molar-refractivity contribution is -0.164. The Morgan fingerprint density at radius 3 is 2.38 bits per heavy atom. The topological polar surface area (TPSA) is 87.1 Å². The van der Waals surface area contributed by atoms with Crippen LogP contribution in [0, 0.1) is 12.3 Å². The monoisotopic (exact) mass is 479 g/mol. The van der Waals surface area contributed by atoms with Gasteiger partial charge in [0.2, 0.25) is 0 Å². The Hall–Kier alpha value is -3.16. The first-order valence-corrected chi connectivity index (χ1v) is 12.1. The predicted molar refractivity (Wildman–Crippen MR) is 132 cm³/mol. The summed E-state index contributed by atoms with van der Waals surface area (Å²) in [4.78, 5) is 27.6. The number of carboxylic acid groups (broad SMARTS) is 2. The summed E-state index contributed by atoms with van der Waals surface area (Å²) in [6.45, 7) is 3.25. The first-order chi connectivity index (χ1) is 16.3. The molecule has 0 amide bonds. The minimum atomic E-state index is -1.67. The van der Waals surface area contributed by atoms with E-state index in [9.17, 15) is 19.8 Å². The van der Waals surface area contributed by atoms with Crippen LogP contribution in [0.15, 0.2) is 60.7 Å². The summed E-state index contributed by atoms with van der Waals surface area (Å²) >= 11 is 1.74. The van der Waals surface area contributed by atoms with Crippen LogP contribution in [0.2, 0.25) is 0 Å². The summed E-state index contributed by atoms with van der Waals surface area (Å²) in [6.07, 6.45) is 0.843. The van der Waals surface area contributed by atoms with Crippen molar-refractivity contribution in [2.75, 3.05) is 7.05 Å². The number of aryl methyl sites for hydroxylation is 1. The summed E-state index contributed by atoms with van der Waals surface area (Å²) in [7, 11) is 1.91. The molecule has 1 aliphatic rings. The van der Waals surface area contributed by atoms with Crippen LogP contribution in [0.25, 0.3) is 11.1 Å². The van der Waals surface area contributed by atoms with E-state index < -0.39 is 17.4 Å². The van der Waals surface area contributed by atoms with Crippen LogP contribution in [0.5, 0.6) is 5.75 Å². The van der Waals surface area contributed by atoms with Gasteiger partial charge in [0.1, 0.15) is 12.4 Å². The molecule has 3 aromatic rings. The first-order valence-electron chi connectivity index (χ1n) is 11.3. The van der Waals surface area contributed by atoms with Gasteiger partial charge >= 0.3 is 11.9 Å². The van der Waals surface area contributed by atoms with Crippen molar-refractivity contribution in [1.29, 1.82) is 0 Å². The van der Waals surface area contributed by atoms with Gasteiger partial charge in [0.05, 0.1) is 0 Å². The summed E-state index contributed by atoms with van der Waals surface area (Å²) in [5, 5.41) is 18.9. The summed E-state index contributed by atoms with van der Waals surface area (Å²) in [5.74, 6) is -1.70. The molecule has 6 nitrogen and oxygen atoms in total. The lowest BCUT2D eigenvalue weighted by Crippen LogP contribution is -2.39. The van der Waals surface area contributed by atoms with Gasteiger partial charge in [0.25, 0.3) is 0 Å². The van der Waals surface area contributed by atoms with E-state index in [1.165, 1.54) is 20.9 Å². The normalized spacial score (nSPS) is 17.1. The van der Waals surface area contributed by atoms with Crippen molar-refractivity contribution in [2.24, 2.45) is 5.41 Å². The molecule has 0 radical (unpaired) electrons. The number of ether oxygens (including phenoxy) is 1. The maximum atomic E-state index is 11.6. The van der Waals surface area contributed by atoms with Gasteiger partial charge in [0.15, 0.2) is 5.41 Å². The Morgan fingerprint density at radius 1 is 1.09 bits per heavy atom. The molecule has 1 unspecified atom stereocenters. The van der Waals surface area contributed by atoms with Crippen molar-refractivity contribution in [1.82, 2.24) is 4.90 Å². The van der Waals surface area contributed by atoms with Crippen LogP contribution in [-0.2, 0) is 22.7 Å². The fraction of sp³-hybridized carbons (Fsp3) is 0.333. The van der Waals surface area contributed by atoms with E-state index in [0.29, 0.717) is 19.6 Å². The molecule has 1 aliphatic carbocycles. The average molecular weight is 480 g/mol. The molecule has 2 N–H and O–H groups in total. The molecule has 1 aromatic heterocycles. The van der Waals surface area contributed by atoms with E-state index in [0.717, 1.165) is 11.3 Å². The molecule has 0 bridgehead atoms. The van der Waals surface area contributed by atoms with Crippen LogP contribution in [-0.4, -0.2) is 40.1 Å². The molecule has 34 heavy (non-hydrogen) atoms. The van der Waals surface area contributed by atoms with Crippen molar-refractivity contribution in [3.05, 3.63) is 76.0 Å². The summed E-state index contributed by atoms with van der Waals surface area (Å²) in [6, 6.07) is 20.3. The first kappa shape index (κ1) is 24.0. The number of benzene rings is 2. The Bertz CT molecular complexity index is 1140. The highest BCUT2D eigenvalue weighted by atomic mass is 32.1. The smallest absolute Gasteiger partial charge is 0.321 e. The van der Waals surface area contributed by atoms with E-state index >= 15 is 0 Å². The number of carboxylic acids is 2. The van der Waals surface area contributed by atoms with E-state index in [4.69, 9.17) is 4.74 Å². The number of aliphatic carboxylic acids is 2. The number of hydrogen-bond donors (Lipinski definition) is 2. The fourth-order valence-electron chi connectivity index (χ4n) is 4.66. The Labute approximate surface area is 203 Å². The highest BCUT2D eigenvalue weighted by Crippen LogP contribution is 2.41. The van der Waals surface area contributed by atoms with Gasteiger partial charge in [-0.25, -0.2) is 0 Å². The third-order valence-corrected chi connectivity index (χ3v) is 7.74. The van der Waals surface area contributed by atoms with Gasteiger partial charge in [0, 0.05) is 22.3 Å². The molecule has 0 aliphatic heterocycles. The van der Waals surface area contributed by atoms with Crippen LogP contribution < -0.4 is 4.74 Å². The van der Waals surface area contributed by atoms with Gasteiger partial charge in [-0.3, -0.25) is 14.5 Å². The van der Waals surface area contributed by atoms with Crippen molar-refractivity contribution in [3.63, 3.8) is 0 Å². The second-order valence-electron chi connectivity index (χ2n) is 8.99. The van der Waals surface area contributed by atoms with Crippen LogP contribution >= 0.6 is 11.3 Å². The highest BCUT2D eigenvalue weighted by molar-refractivity contribution is 7.12. The second kappa shape index (κ2) is 9.99. The summed E-state index contributed by atoms with van der Waals surface area (Å²) in [5.41, 5.74) is 1.85. The van der Waals surface area contributed by atoms with Crippen molar-refractivity contribution in [3.8, 4) is 16.9 Å². The fourth-order valence-corrected chi connectivity index (χ4v) is 5.63. The third-order valence-electron chi connectivity index (χ3n) is 6.72. The molecule has 178 valence electrons. The Kier molecular flexibility index (Phi) is 7.05. The molecule has 0 saturated heterocycles. The molecular weight excluding hydrogens is 450 g/mol. The lowest BCUT2D eigenvalue weighted by Gasteiger charge is -2.26. The predicted octanol–water partition coefficient (Wildman–Crippen LogP) is 5.44. The standard InChI is InChI=1S/C27H29NO5S/c1-18-24(20-6-4-3-5-7-20)14-23(34-18)17-33-22-10-8-19(9-11-22)16-28(2)21-12-13-27(15-21,25(29)30)26(31)32/h3-11,14,21H,12-13,15-17H2,1-2H3,(H,29,30)(H,31,32). The highest BCUT2D eigenvalue weighted by Gasteiger charge is 2.52. The summed E-state index contributed by atoms with van der Waals surface area (Å²) < 4.78 is 6.00. The molecule has 1 fully saturated rings. The second-order valence-corrected chi connectivity index (χ2v) is 10.3. The Morgan fingerprint density at radius 2 is 1.76 bits per heavy atom. The molecule has 1 heterocycles. The van der Waals surface area contributed by atoms with Gasteiger partial charge in [-0.15, -0.1) is 11.3 Å². The van der Waals surface area contributed by atoms with E-state index in [2.05, 4.69) is 25.1 Å². The number of carbonyl (C=O) groups is 2. The number of nitrogens with zero attached hydrogens (tertiary/aromatic N) is 1. The molecule has 4 rings (SSSR count). The molecule has 2 aromatic carbocycles. The maximum Gasteiger partial charge on any atom is 0.321 e. The average Bonchev–Trinajstić information content (AvgIpc) is 3.44. The van der Waals surface area contributed by atoms with Crippen molar-refractivity contribution < 1.29 is 24.5 Å². The van der Waals surface area contributed by atoms with Gasteiger partial charge in [-0.2, -0.15) is 0 Å². The number of hydrogen-bond acceptors (Lipinski definition) is 5. The zero-order valence-electron chi connectivity index (χ0n) is 19.4. The molecule has 7 heteroatoms. The van der Waals surface area contributed by atoms with E-state index in [-0.39, 0.29) is 18.9 Å². The molecular formula is C27H29NO5S. The zero-order valence-corrected chi connectivity index (χ0v) is 20.2. The van der Waals surface area contributed by atoms with Crippen LogP contribution in [0.4, 0.5) is 0 Å². The molecule has 1 atom stereocenters. The van der Waals surface area contributed by atoms with Crippen LogP contribution in [0.3, 0.4) is 0 Å². The van der Waals surface area contributed by atoms with Crippen molar-refractivity contribution in [2.45, 2.75) is 45.4 Å². The van der Waals surface area contributed by atoms with Crippen LogP contribution in [0.1, 0.15) is 34.6 Å². The number of rotatable bonds is 9. The van der Waals surface area contributed by atoms with Crippen molar-refractivity contribution >= 4 is 23.3 Å². The van der Waals surface area contributed by atoms with Gasteiger partial charge < -0.3 is 14.9 Å². The van der Waals surface area contributed by atoms with Gasteiger partial charge in [-0.05, 0) is 68.1 Å². The minimum absolute atomic E-state index is 0.0796. The molecule has 0 spiro atoms. The van der Waals surface area contributed by atoms with Gasteiger partial charge in [-0.1, -0.05) is 42.5 Å². The minimum Gasteiger partial charge on any atom is -0.488 e. The SMILES string of the molecule is Cc1sc(COc2ccc(CN(C)C3CCC(C(=O)O)(C(=O)O)C3)cc2)cc1-c1ccccc1. The zero-order chi connectivity index (χ0) is 24.3. The van der Waals surface area contributed by atoms with E-state index in [1.807, 2.05) is 54.4 Å². The Balaban J connectivity index is 1.33. The van der Waals surface area contributed by atoms with E-state index in [1.54, 1.807) is 11.3 Å². The maximum absolute atomic E-state index is 11.6. The quantitative estimate of drug-likeness (QED) is 0.397. The third kappa shape index (κ3) is 5.00. The number of thiophene rings is 1. The lowest BCUT2D eigenvalue weighted by atomic mass is 9.86.